The van der Waals surface area contributed by atoms with Gasteiger partial charge in [0.25, 0.3) is 0 Å². The van der Waals surface area contributed by atoms with Gasteiger partial charge in [-0.3, -0.25) is 0 Å². The molecule has 1 heterocycles. The number of amides is 2. The minimum absolute atomic E-state index is 0.0892. The van der Waals surface area contributed by atoms with Crippen LogP contribution in [0.5, 0.6) is 0 Å². The molecule has 0 aliphatic carbocycles. The number of nitrogens with one attached hydrogen (secondary N) is 1. The molecule has 1 aliphatic rings. The molecule has 0 aromatic rings. The average Bonchev–Trinajstić information content (AvgIpc) is 2.27. The Morgan fingerprint density at radius 3 is 2.50 bits per heavy atom. The van der Waals surface area contributed by atoms with Crippen molar-refractivity contribution in [2.45, 2.75) is 45.2 Å². The molecule has 2 atom stereocenters. The van der Waals surface area contributed by atoms with Crippen LogP contribution in [-0.4, -0.2) is 53.8 Å². The summed E-state index contributed by atoms with van der Waals surface area (Å²) in [5.74, 6) is -1.00. The molecule has 6 heteroatoms. The molecule has 0 aromatic heterocycles. The molecule has 104 valence electrons. The first-order chi connectivity index (χ1) is 8.52. The number of aliphatic carboxylic acids is 1. The van der Waals surface area contributed by atoms with Crippen LogP contribution in [0.25, 0.3) is 0 Å². The van der Waals surface area contributed by atoms with Crippen molar-refractivity contribution in [3.05, 3.63) is 0 Å². The summed E-state index contributed by atoms with van der Waals surface area (Å²) < 4.78 is 4.85. The molecule has 2 unspecified atom stereocenters. The number of piperidine rings is 1. The van der Waals surface area contributed by atoms with E-state index in [1.54, 1.807) is 0 Å². The maximum atomic E-state index is 12.0. The number of carbonyl (C=O) groups excluding carboxylic acids is 1. The zero-order chi connectivity index (χ0) is 13.5. The van der Waals surface area contributed by atoms with Crippen LogP contribution < -0.4 is 5.32 Å². The van der Waals surface area contributed by atoms with E-state index in [-0.39, 0.29) is 31.3 Å². The van der Waals surface area contributed by atoms with Crippen molar-refractivity contribution in [2.24, 2.45) is 0 Å². The van der Waals surface area contributed by atoms with Crippen molar-refractivity contribution >= 4 is 12.0 Å². The molecule has 1 saturated heterocycles. The molecule has 1 rings (SSSR count). The van der Waals surface area contributed by atoms with Gasteiger partial charge in [-0.25, -0.2) is 9.59 Å². The number of hydrogen-bond acceptors (Lipinski definition) is 3. The lowest BCUT2D eigenvalue weighted by Crippen LogP contribution is -2.52. The molecular weight excluding hydrogens is 236 g/mol. The van der Waals surface area contributed by atoms with Crippen molar-refractivity contribution in [1.82, 2.24) is 10.2 Å². The molecule has 0 radical (unpaired) electrons. The Balaban J connectivity index is 2.24. The van der Waals surface area contributed by atoms with Gasteiger partial charge in [0.2, 0.25) is 0 Å². The lowest BCUT2D eigenvalue weighted by atomic mass is 9.98. The minimum atomic E-state index is -1.00. The summed E-state index contributed by atoms with van der Waals surface area (Å²) in [4.78, 5) is 24.0. The van der Waals surface area contributed by atoms with Gasteiger partial charge in [-0.2, -0.15) is 0 Å². The summed E-state index contributed by atoms with van der Waals surface area (Å²) in [6, 6.07) is 0.427. The summed E-state index contributed by atoms with van der Waals surface area (Å²) in [6.07, 6.45) is 3.23. The zero-order valence-corrected chi connectivity index (χ0v) is 11.0. The average molecular weight is 258 g/mol. The summed E-state index contributed by atoms with van der Waals surface area (Å²) in [5.41, 5.74) is 0. The summed E-state index contributed by atoms with van der Waals surface area (Å²) in [5, 5.41) is 11.1. The van der Waals surface area contributed by atoms with E-state index in [4.69, 9.17) is 9.84 Å². The fourth-order valence-corrected chi connectivity index (χ4v) is 2.30. The van der Waals surface area contributed by atoms with Crippen LogP contribution in [0.15, 0.2) is 0 Å². The molecule has 0 spiro atoms. The Bertz CT molecular complexity index is 286. The third kappa shape index (κ3) is 4.52. The number of hydrogen-bond donors (Lipinski definition) is 2. The van der Waals surface area contributed by atoms with Crippen LogP contribution in [0.1, 0.15) is 33.1 Å². The number of nitrogens with zero attached hydrogens (tertiary/aromatic N) is 1. The molecule has 2 amide bonds. The first-order valence-electron chi connectivity index (χ1n) is 6.38. The predicted octanol–water partition coefficient (Wildman–Crippen LogP) is 1.06. The Kier molecular flexibility index (Phi) is 5.91. The predicted molar refractivity (Wildman–Crippen MR) is 66.5 cm³/mol. The second-order valence-corrected chi connectivity index (χ2v) is 4.71. The van der Waals surface area contributed by atoms with Crippen LogP contribution in [0.4, 0.5) is 4.79 Å². The van der Waals surface area contributed by atoms with E-state index < -0.39 is 5.97 Å². The molecule has 18 heavy (non-hydrogen) atoms. The van der Waals surface area contributed by atoms with Gasteiger partial charge in [-0.05, 0) is 33.1 Å². The number of likely N-dealkylation sites (tertiary alicyclic amines) is 1. The van der Waals surface area contributed by atoms with Crippen LogP contribution in [0.3, 0.4) is 0 Å². The first-order valence-corrected chi connectivity index (χ1v) is 6.38. The topological polar surface area (TPSA) is 78.9 Å². The van der Waals surface area contributed by atoms with Gasteiger partial charge in [-0.1, -0.05) is 0 Å². The highest BCUT2D eigenvalue weighted by atomic mass is 16.5. The number of urea groups is 1. The van der Waals surface area contributed by atoms with Crippen LogP contribution in [0, 0.1) is 0 Å². The molecular formula is C12H22N2O4. The third-order valence-electron chi connectivity index (χ3n) is 3.18. The van der Waals surface area contributed by atoms with E-state index in [0.29, 0.717) is 6.54 Å². The number of ether oxygens (including phenoxy) is 1. The third-order valence-corrected chi connectivity index (χ3v) is 3.18. The maximum Gasteiger partial charge on any atom is 0.329 e. The maximum absolute atomic E-state index is 12.0. The molecule has 2 N–H and O–H groups in total. The Labute approximate surface area is 107 Å². The quantitative estimate of drug-likeness (QED) is 0.723. The van der Waals surface area contributed by atoms with Crippen LogP contribution in [0.2, 0.25) is 0 Å². The van der Waals surface area contributed by atoms with Crippen LogP contribution >= 0.6 is 0 Å². The second kappa shape index (κ2) is 7.20. The normalized spacial score (nSPS) is 23.8. The standard InChI is InChI=1S/C12H22N2O4/c1-9-4-3-5-10(2)14(9)12(17)13-6-7-18-8-11(15)16/h9-10H,3-8H2,1-2H3,(H,13,17)(H,15,16). The highest BCUT2D eigenvalue weighted by Gasteiger charge is 2.28. The van der Waals surface area contributed by atoms with E-state index in [9.17, 15) is 9.59 Å². The van der Waals surface area contributed by atoms with E-state index >= 15 is 0 Å². The molecule has 1 fully saturated rings. The van der Waals surface area contributed by atoms with Crippen molar-refractivity contribution in [3.8, 4) is 0 Å². The number of carbonyl (C=O) groups is 2. The molecule has 0 saturated carbocycles. The van der Waals surface area contributed by atoms with Crippen molar-refractivity contribution in [1.29, 1.82) is 0 Å². The lowest BCUT2D eigenvalue weighted by molar-refractivity contribution is -0.142. The van der Waals surface area contributed by atoms with Crippen molar-refractivity contribution in [2.75, 3.05) is 19.8 Å². The number of carboxylic acid groups (broad SMARTS) is 1. The highest BCUT2D eigenvalue weighted by molar-refractivity contribution is 5.75. The van der Waals surface area contributed by atoms with E-state index in [1.807, 2.05) is 4.90 Å². The van der Waals surface area contributed by atoms with Gasteiger partial charge in [0.1, 0.15) is 6.61 Å². The van der Waals surface area contributed by atoms with E-state index in [1.165, 1.54) is 0 Å². The highest BCUT2D eigenvalue weighted by Crippen LogP contribution is 2.22. The molecule has 0 bridgehead atoms. The Morgan fingerprint density at radius 1 is 1.33 bits per heavy atom. The first kappa shape index (κ1) is 14.8. The van der Waals surface area contributed by atoms with Gasteiger partial charge in [0, 0.05) is 18.6 Å². The van der Waals surface area contributed by atoms with Crippen molar-refractivity contribution in [3.63, 3.8) is 0 Å². The SMILES string of the molecule is CC1CCCC(C)N1C(=O)NCCOCC(=O)O. The van der Waals surface area contributed by atoms with E-state index in [2.05, 4.69) is 19.2 Å². The zero-order valence-electron chi connectivity index (χ0n) is 11.0. The summed E-state index contributed by atoms with van der Waals surface area (Å²) in [6.45, 7) is 4.33. The van der Waals surface area contributed by atoms with Crippen LogP contribution in [-0.2, 0) is 9.53 Å². The fourth-order valence-electron chi connectivity index (χ4n) is 2.30. The summed E-state index contributed by atoms with van der Waals surface area (Å²) >= 11 is 0. The smallest absolute Gasteiger partial charge is 0.329 e. The van der Waals surface area contributed by atoms with Gasteiger partial charge < -0.3 is 20.1 Å². The minimum Gasteiger partial charge on any atom is -0.480 e. The Hall–Kier alpha value is -1.30. The molecule has 0 aromatic carbocycles. The monoisotopic (exact) mass is 258 g/mol. The second-order valence-electron chi connectivity index (χ2n) is 4.71. The van der Waals surface area contributed by atoms with Gasteiger partial charge >= 0.3 is 12.0 Å². The summed E-state index contributed by atoms with van der Waals surface area (Å²) in [7, 11) is 0. The largest absolute Gasteiger partial charge is 0.480 e. The van der Waals surface area contributed by atoms with Gasteiger partial charge in [-0.15, -0.1) is 0 Å². The van der Waals surface area contributed by atoms with E-state index in [0.717, 1.165) is 19.3 Å². The van der Waals surface area contributed by atoms with Crippen molar-refractivity contribution < 1.29 is 19.4 Å². The molecule has 1 aliphatic heterocycles. The van der Waals surface area contributed by atoms with Gasteiger partial charge in [0.05, 0.1) is 6.61 Å². The van der Waals surface area contributed by atoms with Gasteiger partial charge in [0.15, 0.2) is 0 Å². The number of carboxylic acids is 1. The lowest BCUT2D eigenvalue weighted by Gasteiger charge is -2.38. The molecule has 6 nitrogen and oxygen atoms in total. The Morgan fingerprint density at radius 2 is 1.94 bits per heavy atom. The number of rotatable bonds is 5. The fraction of sp³-hybridized carbons (Fsp3) is 0.833.